The lowest BCUT2D eigenvalue weighted by Crippen LogP contribution is -2.53. The number of carbonyl (C=O) groups excluding carboxylic acids is 1. The second-order valence-corrected chi connectivity index (χ2v) is 4.53. The average molecular weight is 265 g/mol. The van der Waals surface area contributed by atoms with E-state index < -0.39 is 5.54 Å². The Bertz CT molecular complexity index is 380. The van der Waals surface area contributed by atoms with Gasteiger partial charge in [0.25, 0.3) is 0 Å². The smallest absolute Gasteiger partial charge is 0.328 e. The molecule has 0 aliphatic carbocycles. The number of carbonyl (C=O) groups is 1. The molecule has 19 heavy (non-hydrogen) atoms. The zero-order valence-electron chi connectivity index (χ0n) is 11.9. The van der Waals surface area contributed by atoms with Crippen LogP contribution in [0.1, 0.15) is 26.3 Å². The van der Waals surface area contributed by atoms with Crippen LogP contribution in [0.15, 0.2) is 30.3 Å². The first-order valence-corrected chi connectivity index (χ1v) is 6.66. The number of nitrogens with one attached hydrogen (secondary N) is 1. The van der Waals surface area contributed by atoms with Crippen LogP contribution < -0.4 is 5.32 Å². The highest BCUT2D eigenvalue weighted by atomic mass is 16.5. The predicted molar refractivity (Wildman–Crippen MR) is 74.8 cm³/mol. The highest BCUT2D eigenvalue weighted by molar-refractivity contribution is 5.80. The van der Waals surface area contributed by atoms with Gasteiger partial charge in [-0.05, 0) is 26.3 Å². The molecule has 0 fully saturated rings. The van der Waals surface area contributed by atoms with E-state index in [0.717, 1.165) is 5.56 Å². The number of benzene rings is 1. The summed E-state index contributed by atoms with van der Waals surface area (Å²) in [6.07, 6.45) is 0. The van der Waals surface area contributed by atoms with Gasteiger partial charge in [0.15, 0.2) is 0 Å². The molecule has 0 spiro atoms. The number of hydrogen-bond donors (Lipinski definition) is 1. The third-order valence-electron chi connectivity index (χ3n) is 2.85. The van der Waals surface area contributed by atoms with Crippen LogP contribution in [0.5, 0.6) is 0 Å². The van der Waals surface area contributed by atoms with Gasteiger partial charge < -0.3 is 9.47 Å². The van der Waals surface area contributed by atoms with Crippen LogP contribution in [0.2, 0.25) is 0 Å². The molecule has 0 aliphatic heterocycles. The Balaban J connectivity index is 2.65. The standard InChI is InChI=1S/C15H23NO3/c1-4-18-12-15(3,14(17)19-5-2)16-11-13-9-7-6-8-10-13/h6-10,16H,4-5,11-12H2,1-3H3. The molecule has 1 aromatic rings. The van der Waals surface area contributed by atoms with Gasteiger partial charge in [0.1, 0.15) is 5.54 Å². The fraction of sp³-hybridized carbons (Fsp3) is 0.533. The van der Waals surface area contributed by atoms with E-state index in [1.807, 2.05) is 44.2 Å². The second kappa shape index (κ2) is 7.92. The van der Waals surface area contributed by atoms with Crippen molar-refractivity contribution in [2.75, 3.05) is 19.8 Å². The first-order chi connectivity index (χ1) is 9.12. The van der Waals surface area contributed by atoms with E-state index in [1.165, 1.54) is 0 Å². The summed E-state index contributed by atoms with van der Waals surface area (Å²) in [4.78, 5) is 12.0. The van der Waals surface area contributed by atoms with Crippen molar-refractivity contribution in [2.45, 2.75) is 32.9 Å². The molecule has 106 valence electrons. The van der Waals surface area contributed by atoms with Gasteiger partial charge in [0.05, 0.1) is 13.2 Å². The van der Waals surface area contributed by atoms with Gasteiger partial charge in [-0.3, -0.25) is 5.32 Å². The molecule has 0 heterocycles. The maximum absolute atomic E-state index is 12.0. The summed E-state index contributed by atoms with van der Waals surface area (Å²) < 4.78 is 10.5. The van der Waals surface area contributed by atoms with Gasteiger partial charge in [-0.25, -0.2) is 4.79 Å². The Morgan fingerprint density at radius 3 is 2.47 bits per heavy atom. The molecule has 1 unspecified atom stereocenters. The van der Waals surface area contributed by atoms with Gasteiger partial charge in [-0.15, -0.1) is 0 Å². The summed E-state index contributed by atoms with van der Waals surface area (Å²) in [5.74, 6) is -0.278. The molecule has 1 aromatic carbocycles. The van der Waals surface area contributed by atoms with Gasteiger partial charge in [0.2, 0.25) is 0 Å². The molecule has 0 amide bonds. The number of esters is 1. The molecule has 4 nitrogen and oxygen atoms in total. The Morgan fingerprint density at radius 2 is 1.89 bits per heavy atom. The van der Waals surface area contributed by atoms with Gasteiger partial charge >= 0.3 is 5.97 Å². The van der Waals surface area contributed by atoms with Crippen molar-refractivity contribution in [1.29, 1.82) is 0 Å². The van der Waals surface area contributed by atoms with Crippen molar-refractivity contribution < 1.29 is 14.3 Å². The van der Waals surface area contributed by atoms with Crippen molar-refractivity contribution in [3.63, 3.8) is 0 Å². The van der Waals surface area contributed by atoms with Gasteiger partial charge in [-0.2, -0.15) is 0 Å². The van der Waals surface area contributed by atoms with Crippen LogP contribution in [0.3, 0.4) is 0 Å². The molecule has 0 radical (unpaired) electrons. The lowest BCUT2D eigenvalue weighted by Gasteiger charge is -2.28. The highest BCUT2D eigenvalue weighted by Crippen LogP contribution is 2.10. The summed E-state index contributed by atoms with van der Waals surface area (Å²) in [5, 5.41) is 3.23. The van der Waals surface area contributed by atoms with Gasteiger partial charge in [-0.1, -0.05) is 30.3 Å². The van der Waals surface area contributed by atoms with Crippen molar-refractivity contribution in [3.05, 3.63) is 35.9 Å². The molecule has 4 heteroatoms. The molecule has 0 aliphatic rings. The average Bonchev–Trinajstić information content (AvgIpc) is 2.44. The Labute approximate surface area is 115 Å². The minimum Gasteiger partial charge on any atom is -0.465 e. The third kappa shape index (κ3) is 5.01. The fourth-order valence-electron chi connectivity index (χ4n) is 1.67. The number of hydrogen-bond acceptors (Lipinski definition) is 4. The zero-order chi connectivity index (χ0) is 14.1. The van der Waals surface area contributed by atoms with Gasteiger partial charge in [0, 0.05) is 13.2 Å². The molecule has 0 saturated carbocycles. The van der Waals surface area contributed by atoms with Crippen LogP contribution in [0.25, 0.3) is 0 Å². The monoisotopic (exact) mass is 265 g/mol. The molecular formula is C15H23NO3. The first kappa shape index (κ1) is 15.7. The molecule has 0 aromatic heterocycles. The maximum Gasteiger partial charge on any atom is 0.328 e. The molecule has 0 saturated heterocycles. The van der Waals surface area contributed by atoms with E-state index in [4.69, 9.17) is 9.47 Å². The summed E-state index contributed by atoms with van der Waals surface area (Å²) in [6.45, 7) is 7.36. The summed E-state index contributed by atoms with van der Waals surface area (Å²) in [6, 6.07) is 9.94. The van der Waals surface area contributed by atoms with Crippen LogP contribution in [-0.4, -0.2) is 31.3 Å². The van der Waals surface area contributed by atoms with E-state index in [2.05, 4.69) is 5.32 Å². The largest absolute Gasteiger partial charge is 0.465 e. The van der Waals surface area contributed by atoms with E-state index in [1.54, 1.807) is 6.92 Å². The highest BCUT2D eigenvalue weighted by Gasteiger charge is 2.34. The number of ether oxygens (including phenoxy) is 2. The minimum absolute atomic E-state index is 0.278. The van der Waals surface area contributed by atoms with Crippen LogP contribution in [0.4, 0.5) is 0 Å². The quantitative estimate of drug-likeness (QED) is 0.732. The van der Waals surface area contributed by atoms with Crippen molar-refractivity contribution in [1.82, 2.24) is 5.32 Å². The molecule has 1 N–H and O–H groups in total. The minimum atomic E-state index is -0.818. The van der Waals surface area contributed by atoms with Crippen molar-refractivity contribution in [2.24, 2.45) is 0 Å². The van der Waals surface area contributed by atoms with Crippen LogP contribution in [-0.2, 0) is 20.8 Å². The molecular weight excluding hydrogens is 242 g/mol. The lowest BCUT2D eigenvalue weighted by atomic mass is 10.0. The van der Waals surface area contributed by atoms with E-state index in [9.17, 15) is 4.79 Å². The summed E-state index contributed by atoms with van der Waals surface area (Å²) >= 11 is 0. The fourth-order valence-corrected chi connectivity index (χ4v) is 1.67. The predicted octanol–water partition coefficient (Wildman–Crippen LogP) is 2.13. The molecule has 0 bridgehead atoms. The summed E-state index contributed by atoms with van der Waals surface area (Å²) in [7, 11) is 0. The number of rotatable bonds is 8. The molecule has 1 atom stereocenters. The second-order valence-electron chi connectivity index (χ2n) is 4.53. The van der Waals surface area contributed by atoms with Crippen molar-refractivity contribution >= 4 is 5.97 Å². The summed E-state index contributed by atoms with van der Waals surface area (Å²) in [5.41, 5.74) is 0.302. The maximum atomic E-state index is 12.0. The van der Waals surface area contributed by atoms with E-state index in [-0.39, 0.29) is 5.97 Å². The lowest BCUT2D eigenvalue weighted by molar-refractivity contribution is -0.153. The Morgan fingerprint density at radius 1 is 1.21 bits per heavy atom. The zero-order valence-corrected chi connectivity index (χ0v) is 11.9. The van der Waals surface area contributed by atoms with Crippen LogP contribution in [0, 0.1) is 0 Å². The topological polar surface area (TPSA) is 47.6 Å². The van der Waals surface area contributed by atoms with E-state index in [0.29, 0.717) is 26.4 Å². The van der Waals surface area contributed by atoms with Crippen molar-refractivity contribution in [3.8, 4) is 0 Å². The van der Waals surface area contributed by atoms with Crippen LogP contribution >= 0.6 is 0 Å². The Hall–Kier alpha value is -1.39. The SMILES string of the molecule is CCOCC(C)(NCc1ccccc1)C(=O)OCC. The normalized spacial score (nSPS) is 13.8. The first-order valence-electron chi connectivity index (χ1n) is 6.66. The third-order valence-corrected chi connectivity index (χ3v) is 2.85. The Kier molecular flexibility index (Phi) is 6.53. The van der Waals surface area contributed by atoms with E-state index >= 15 is 0 Å². The molecule has 1 rings (SSSR count).